The van der Waals surface area contributed by atoms with Crippen LogP contribution in [-0.4, -0.2) is 28.1 Å². The molecule has 1 saturated heterocycles. The standard InChI is InChI=1S/C24H21BrN2O5/c1-13(2)31-18-9-7-15(8-10-18)22(28)20-21(16-5-4-6-17(25)12-16)27(24(30)23(20)29)19-11-14(3)32-26-19/h4-13,21,28H,1-3H3/t21-/m1/s1. The third-order valence-electron chi connectivity index (χ3n) is 4.97. The fraction of sp³-hybridized carbons (Fsp3) is 0.208. The van der Waals surface area contributed by atoms with Crippen LogP contribution in [0.1, 0.15) is 36.8 Å². The molecule has 0 aliphatic carbocycles. The number of aryl methyl sites for hydroxylation is 1. The normalized spacial score (nSPS) is 17.9. The summed E-state index contributed by atoms with van der Waals surface area (Å²) in [6, 6.07) is 14.6. The van der Waals surface area contributed by atoms with Crippen molar-refractivity contribution in [2.75, 3.05) is 4.90 Å². The molecule has 1 N–H and O–H groups in total. The first-order valence-electron chi connectivity index (χ1n) is 10.0. The van der Waals surface area contributed by atoms with Crippen LogP contribution in [0.2, 0.25) is 0 Å². The van der Waals surface area contributed by atoms with Crippen LogP contribution in [-0.2, 0) is 9.59 Å². The monoisotopic (exact) mass is 496 g/mol. The molecule has 0 spiro atoms. The van der Waals surface area contributed by atoms with Gasteiger partial charge in [0.05, 0.1) is 17.7 Å². The van der Waals surface area contributed by atoms with E-state index in [2.05, 4.69) is 21.1 Å². The number of ether oxygens (including phenoxy) is 1. The second-order valence-corrected chi connectivity index (χ2v) is 8.63. The van der Waals surface area contributed by atoms with Gasteiger partial charge in [0.15, 0.2) is 5.82 Å². The third-order valence-corrected chi connectivity index (χ3v) is 5.46. The Hall–Kier alpha value is -3.39. The number of hydrogen-bond acceptors (Lipinski definition) is 6. The Morgan fingerprint density at radius 3 is 2.47 bits per heavy atom. The van der Waals surface area contributed by atoms with E-state index in [1.165, 1.54) is 4.90 Å². The fourth-order valence-electron chi connectivity index (χ4n) is 3.65. The first-order chi connectivity index (χ1) is 15.3. The summed E-state index contributed by atoms with van der Waals surface area (Å²) in [5.74, 6) is -0.518. The molecule has 1 amide bonds. The second-order valence-electron chi connectivity index (χ2n) is 7.71. The highest BCUT2D eigenvalue weighted by atomic mass is 79.9. The largest absolute Gasteiger partial charge is 0.507 e. The summed E-state index contributed by atoms with van der Waals surface area (Å²) in [4.78, 5) is 27.4. The second kappa shape index (κ2) is 8.63. The van der Waals surface area contributed by atoms with Gasteiger partial charge in [-0.1, -0.05) is 33.2 Å². The van der Waals surface area contributed by atoms with Crippen molar-refractivity contribution in [1.82, 2.24) is 5.16 Å². The van der Waals surface area contributed by atoms with E-state index in [4.69, 9.17) is 9.26 Å². The number of nitrogens with zero attached hydrogens (tertiary/aromatic N) is 2. The minimum absolute atomic E-state index is 0.00205. The van der Waals surface area contributed by atoms with Crippen molar-refractivity contribution in [1.29, 1.82) is 0 Å². The number of rotatable bonds is 5. The van der Waals surface area contributed by atoms with Gasteiger partial charge in [0.2, 0.25) is 0 Å². The van der Waals surface area contributed by atoms with E-state index < -0.39 is 17.7 Å². The summed E-state index contributed by atoms with van der Waals surface area (Å²) in [5.41, 5.74) is 1.02. The molecule has 32 heavy (non-hydrogen) atoms. The van der Waals surface area contributed by atoms with Gasteiger partial charge in [0, 0.05) is 16.1 Å². The van der Waals surface area contributed by atoms with Crippen LogP contribution in [0.4, 0.5) is 5.82 Å². The summed E-state index contributed by atoms with van der Waals surface area (Å²) in [7, 11) is 0. The van der Waals surface area contributed by atoms with E-state index >= 15 is 0 Å². The lowest BCUT2D eigenvalue weighted by molar-refractivity contribution is -0.132. The lowest BCUT2D eigenvalue weighted by atomic mass is 9.95. The molecule has 0 unspecified atom stereocenters. The maximum Gasteiger partial charge on any atom is 0.301 e. The van der Waals surface area contributed by atoms with Crippen molar-refractivity contribution in [3.8, 4) is 5.75 Å². The van der Waals surface area contributed by atoms with Gasteiger partial charge >= 0.3 is 5.91 Å². The number of halogens is 1. The van der Waals surface area contributed by atoms with Crippen molar-refractivity contribution in [3.05, 3.63) is 81.5 Å². The van der Waals surface area contributed by atoms with Gasteiger partial charge in [-0.25, -0.2) is 0 Å². The Morgan fingerprint density at radius 1 is 1.16 bits per heavy atom. The summed E-state index contributed by atoms with van der Waals surface area (Å²) >= 11 is 3.43. The molecule has 1 aliphatic rings. The molecule has 2 heterocycles. The topological polar surface area (TPSA) is 92.9 Å². The van der Waals surface area contributed by atoms with E-state index in [1.807, 2.05) is 19.9 Å². The predicted molar refractivity (Wildman–Crippen MR) is 122 cm³/mol. The minimum Gasteiger partial charge on any atom is -0.507 e. The number of ketones is 1. The molecule has 8 heteroatoms. The van der Waals surface area contributed by atoms with Gasteiger partial charge in [-0.2, -0.15) is 0 Å². The van der Waals surface area contributed by atoms with E-state index in [9.17, 15) is 14.7 Å². The Morgan fingerprint density at radius 2 is 1.88 bits per heavy atom. The molecule has 1 atom stereocenters. The summed E-state index contributed by atoms with van der Waals surface area (Å²) in [6.07, 6.45) is 0.00205. The highest BCUT2D eigenvalue weighted by molar-refractivity contribution is 9.10. The van der Waals surface area contributed by atoms with Gasteiger partial charge in [-0.3, -0.25) is 14.5 Å². The third kappa shape index (κ3) is 4.05. The zero-order chi connectivity index (χ0) is 23.0. The van der Waals surface area contributed by atoms with Crippen molar-refractivity contribution in [3.63, 3.8) is 0 Å². The van der Waals surface area contributed by atoms with Crippen molar-refractivity contribution < 1.29 is 24.0 Å². The molecule has 0 radical (unpaired) electrons. The Labute approximate surface area is 193 Å². The van der Waals surface area contributed by atoms with E-state index in [0.717, 1.165) is 4.47 Å². The van der Waals surface area contributed by atoms with Crippen LogP contribution >= 0.6 is 15.9 Å². The molecular weight excluding hydrogens is 476 g/mol. The number of aliphatic hydroxyl groups is 1. The first kappa shape index (κ1) is 21.8. The predicted octanol–water partition coefficient (Wildman–Crippen LogP) is 5.16. The maximum atomic E-state index is 13.1. The number of carbonyl (C=O) groups is 2. The van der Waals surface area contributed by atoms with Crippen LogP contribution < -0.4 is 9.64 Å². The number of Topliss-reactive ketones (excluding diaryl/α,β-unsaturated/α-hetero) is 1. The highest BCUT2D eigenvalue weighted by Crippen LogP contribution is 2.42. The quantitative estimate of drug-likeness (QED) is 0.298. The summed E-state index contributed by atoms with van der Waals surface area (Å²) in [6.45, 7) is 5.53. The van der Waals surface area contributed by atoms with Crippen molar-refractivity contribution in [2.24, 2.45) is 0 Å². The van der Waals surface area contributed by atoms with E-state index in [1.54, 1.807) is 55.5 Å². The lowest BCUT2D eigenvalue weighted by Crippen LogP contribution is -2.29. The van der Waals surface area contributed by atoms with Crippen LogP contribution in [0.25, 0.3) is 5.76 Å². The van der Waals surface area contributed by atoms with Crippen molar-refractivity contribution in [2.45, 2.75) is 32.9 Å². The zero-order valence-corrected chi connectivity index (χ0v) is 19.3. The molecule has 1 fully saturated rings. The minimum atomic E-state index is -0.872. The smallest absolute Gasteiger partial charge is 0.301 e. The molecule has 1 aliphatic heterocycles. The molecular formula is C24H21BrN2O5. The highest BCUT2D eigenvalue weighted by Gasteiger charge is 2.48. The van der Waals surface area contributed by atoms with Crippen LogP contribution in [0, 0.1) is 6.92 Å². The number of hydrogen-bond donors (Lipinski definition) is 1. The lowest BCUT2D eigenvalue weighted by Gasteiger charge is -2.23. The Bertz CT molecular complexity index is 1210. The zero-order valence-electron chi connectivity index (χ0n) is 17.7. The molecule has 2 aromatic carbocycles. The van der Waals surface area contributed by atoms with Gasteiger partial charge in [0.25, 0.3) is 5.78 Å². The first-order valence-corrected chi connectivity index (χ1v) is 10.8. The van der Waals surface area contributed by atoms with Crippen LogP contribution in [0.3, 0.4) is 0 Å². The number of amides is 1. The molecule has 0 bridgehead atoms. The SMILES string of the molecule is Cc1cc(N2C(=O)C(=O)C(=C(O)c3ccc(OC(C)C)cc3)[C@H]2c2cccc(Br)c2)no1. The number of carbonyl (C=O) groups excluding carboxylic acids is 2. The summed E-state index contributed by atoms with van der Waals surface area (Å²) in [5, 5.41) is 15.1. The van der Waals surface area contributed by atoms with Crippen LogP contribution in [0.5, 0.6) is 5.75 Å². The molecule has 7 nitrogen and oxygen atoms in total. The maximum absolute atomic E-state index is 13.1. The number of aromatic nitrogens is 1. The van der Waals surface area contributed by atoms with Crippen LogP contribution in [0.15, 0.2) is 69.2 Å². The summed E-state index contributed by atoms with van der Waals surface area (Å²) < 4.78 is 11.5. The van der Waals surface area contributed by atoms with Gasteiger partial charge in [-0.15, -0.1) is 0 Å². The van der Waals surface area contributed by atoms with Gasteiger partial charge in [0.1, 0.15) is 17.3 Å². The van der Waals surface area contributed by atoms with E-state index in [-0.39, 0.29) is 23.3 Å². The molecule has 3 aromatic rings. The Kier molecular flexibility index (Phi) is 5.88. The van der Waals surface area contributed by atoms with Gasteiger partial charge < -0.3 is 14.4 Å². The van der Waals surface area contributed by atoms with E-state index in [0.29, 0.717) is 22.6 Å². The van der Waals surface area contributed by atoms with Crippen molar-refractivity contribution >= 4 is 39.2 Å². The number of aliphatic hydroxyl groups excluding tert-OH is 1. The number of anilines is 1. The average Bonchev–Trinajstić information content (AvgIpc) is 3.28. The Balaban J connectivity index is 1.86. The van der Waals surface area contributed by atoms with Gasteiger partial charge in [-0.05, 0) is 62.7 Å². The molecule has 164 valence electrons. The molecule has 1 aromatic heterocycles. The fourth-order valence-corrected chi connectivity index (χ4v) is 4.06. The number of benzene rings is 2. The molecule has 4 rings (SSSR count). The average molecular weight is 497 g/mol. The molecule has 0 saturated carbocycles.